The minimum absolute atomic E-state index is 0.0639. The van der Waals surface area contributed by atoms with Gasteiger partial charge in [0, 0.05) is 24.2 Å². The van der Waals surface area contributed by atoms with Gasteiger partial charge in [0.1, 0.15) is 22.9 Å². The molecule has 8 nitrogen and oxygen atoms in total. The summed E-state index contributed by atoms with van der Waals surface area (Å²) in [6.07, 6.45) is -2.24. The van der Waals surface area contributed by atoms with Crippen LogP contribution in [0.1, 0.15) is 58.9 Å². The van der Waals surface area contributed by atoms with Crippen molar-refractivity contribution in [3.63, 3.8) is 0 Å². The molecule has 2 aliphatic rings. The van der Waals surface area contributed by atoms with Gasteiger partial charge in [0.15, 0.2) is 0 Å². The van der Waals surface area contributed by atoms with E-state index in [0.29, 0.717) is 18.5 Å². The van der Waals surface area contributed by atoms with Gasteiger partial charge in [0.2, 0.25) is 0 Å². The van der Waals surface area contributed by atoms with Crippen LogP contribution in [-0.4, -0.2) is 31.0 Å². The Bertz CT molecular complexity index is 1320. The topological polar surface area (TPSA) is 122 Å². The number of nitrogen functional groups attached to an aromatic ring is 1. The summed E-state index contributed by atoms with van der Waals surface area (Å²) in [5.74, 6) is -1.29. The summed E-state index contributed by atoms with van der Waals surface area (Å²) >= 11 is 5.81. The van der Waals surface area contributed by atoms with Crippen LogP contribution in [0.25, 0.3) is 0 Å². The summed E-state index contributed by atoms with van der Waals surface area (Å²) in [7, 11) is 1.61. The number of carbonyl (C=O) groups excluding carboxylic acids is 1. The lowest BCUT2D eigenvalue weighted by molar-refractivity contribution is -0.144. The number of carbonyl (C=O) groups is 1. The number of aryl methyl sites for hydroxylation is 1. The Balaban J connectivity index is 1.36. The summed E-state index contributed by atoms with van der Waals surface area (Å²) in [5, 5.41) is 23.6. The van der Waals surface area contributed by atoms with E-state index in [9.17, 15) is 27.5 Å². The van der Waals surface area contributed by atoms with E-state index in [1.165, 1.54) is 16.8 Å². The summed E-state index contributed by atoms with van der Waals surface area (Å²) in [4.78, 5) is 13.1. The number of fused-ring (bicyclic) bond motifs is 1. The minimum atomic E-state index is -4.65. The molecule has 5 N–H and O–H groups in total. The van der Waals surface area contributed by atoms with Crippen LogP contribution in [-0.2, 0) is 18.8 Å². The lowest BCUT2D eigenvalue weighted by Gasteiger charge is -2.25. The van der Waals surface area contributed by atoms with Crippen LogP contribution in [0.3, 0.4) is 0 Å². The quantitative estimate of drug-likeness (QED) is 0.371. The van der Waals surface area contributed by atoms with Crippen LogP contribution in [0.2, 0.25) is 5.02 Å². The second kappa shape index (κ2) is 8.48. The van der Waals surface area contributed by atoms with Crippen LogP contribution in [0.5, 0.6) is 0 Å². The Morgan fingerprint density at radius 1 is 1.31 bits per heavy atom. The Morgan fingerprint density at radius 2 is 1.97 bits per heavy atom. The van der Waals surface area contributed by atoms with Gasteiger partial charge in [-0.2, -0.15) is 23.4 Å². The van der Waals surface area contributed by atoms with Gasteiger partial charge in [0.25, 0.3) is 5.91 Å². The van der Waals surface area contributed by atoms with Gasteiger partial charge in [-0.3, -0.25) is 14.6 Å². The highest BCUT2D eigenvalue weighted by molar-refractivity contribution is 6.31. The molecule has 3 aromatic rings. The third-order valence-electron chi connectivity index (χ3n) is 7.38. The number of H-pyrrole nitrogens is 1. The molecule has 13 heteroatoms. The maximum absolute atomic E-state index is 13.5. The van der Waals surface area contributed by atoms with E-state index in [1.807, 2.05) is 5.10 Å². The van der Waals surface area contributed by atoms with E-state index in [1.54, 1.807) is 7.05 Å². The maximum atomic E-state index is 13.5. The molecule has 2 aliphatic carbocycles. The number of aliphatic hydroxyl groups is 1. The monoisotopic (exact) mass is 526 g/mol. The summed E-state index contributed by atoms with van der Waals surface area (Å²) < 4.78 is 55.0. The van der Waals surface area contributed by atoms with Crippen molar-refractivity contribution in [1.29, 1.82) is 0 Å². The molecule has 1 amide bonds. The van der Waals surface area contributed by atoms with Crippen molar-refractivity contribution in [3.8, 4) is 0 Å². The highest BCUT2D eigenvalue weighted by atomic mass is 35.5. The van der Waals surface area contributed by atoms with Gasteiger partial charge in [0.05, 0.1) is 22.5 Å². The smallest absolute Gasteiger partial charge is 0.385 e. The Morgan fingerprint density at radius 3 is 2.58 bits per heavy atom. The number of nitrogens with one attached hydrogen (secondary N) is 2. The zero-order chi connectivity index (χ0) is 26.0. The number of nitrogens with zero attached hydrogens (tertiary/aromatic N) is 3. The second-order valence-corrected chi connectivity index (χ2v) is 10.0. The maximum Gasteiger partial charge on any atom is 0.433 e. The third-order valence-corrected chi connectivity index (χ3v) is 7.66. The van der Waals surface area contributed by atoms with Gasteiger partial charge in [-0.05, 0) is 55.7 Å². The molecule has 0 saturated heterocycles. The third kappa shape index (κ3) is 4.11. The molecule has 2 unspecified atom stereocenters. The average molecular weight is 527 g/mol. The molecule has 0 radical (unpaired) electrons. The zero-order valence-corrected chi connectivity index (χ0v) is 19.8. The molecule has 0 bridgehead atoms. The first-order valence-electron chi connectivity index (χ1n) is 11.3. The van der Waals surface area contributed by atoms with Crippen LogP contribution < -0.4 is 11.1 Å². The Hall–Kier alpha value is -3.12. The highest BCUT2D eigenvalue weighted by Gasteiger charge is 2.53. The molecule has 2 saturated carbocycles. The molecule has 1 aromatic carbocycles. The fraction of sp³-hybridized carbons (Fsp3) is 0.435. The number of rotatable bonds is 4. The standard InChI is InChI=1S/C23H23ClF4N6O2/c1-34-20(29)17(21(35)31-13-2-3-16(25)15(24)6-13)18(33-34)10-4-11-7-22(36,8-12(11)5-10)14-9-30-32-19(14)23(26,27)28/h2-3,6,9-12,36H,4-5,7-8,29H2,1H3,(H,30,32)(H,31,35)/t10?,11-,12+,22?. The van der Waals surface area contributed by atoms with Gasteiger partial charge in [-0.15, -0.1) is 0 Å². The number of aromatic amines is 1. The molecule has 2 heterocycles. The molecule has 5 rings (SSSR count). The second-order valence-electron chi connectivity index (χ2n) is 9.64. The van der Waals surface area contributed by atoms with Crippen LogP contribution in [0.15, 0.2) is 24.4 Å². The summed E-state index contributed by atoms with van der Waals surface area (Å²) in [5.41, 5.74) is 4.22. The zero-order valence-electron chi connectivity index (χ0n) is 19.0. The number of aromatic nitrogens is 4. The van der Waals surface area contributed by atoms with Crippen molar-refractivity contribution in [2.24, 2.45) is 18.9 Å². The molecular weight excluding hydrogens is 504 g/mol. The van der Waals surface area contributed by atoms with E-state index in [4.69, 9.17) is 17.3 Å². The van der Waals surface area contributed by atoms with Crippen LogP contribution in [0, 0.1) is 17.7 Å². The Labute approximate surface area is 207 Å². The molecule has 4 atom stereocenters. The molecule has 0 aliphatic heterocycles. The molecular formula is C23H23ClF4N6O2. The number of alkyl halides is 3. The molecule has 192 valence electrons. The number of amides is 1. The van der Waals surface area contributed by atoms with E-state index in [2.05, 4.69) is 15.5 Å². The number of halogens is 5. The molecule has 2 aromatic heterocycles. The first kappa shape index (κ1) is 24.6. The van der Waals surface area contributed by atoms with Crippen molar-refractivity contribution in [2.75, 3.05) is 11.1 Å². The van der Waals surface area contributed by atoms with Crippen molar-refractivity contribution >= 4 is 29.0 Å². The summed E-state index contributed by atoms with van der Waals surface area (Å²) in [6, 6.07) is 3.79. The van der Waals surface area contributed by atoms with Gasteiger partial charge >= 0.3 is 6.18 Å². The molecule has 2 fully saturated rings. The molecule has 0 spiro atoms. The van der Waals surface area contributed by atoms with E-state index < -0.39 is 29.2 Å². The predicted octanol–water partition coefficient (Wildman–Crippen LogP) is 4.58. The van der Waals surface area contributed by atoms with Crippen LogP contribution >= 0.6 is 11.6 Å². The fourth-order valence-electron chi connectivity index (χ4n) is 5.81. The highest BCUT2D eigenvalue weighted by Crippen LogP contribution is 2.58. The SMILES string of the molecule is Cn1nc(C2C[C@@H]3CC(O)(c4cn[nH]c4C(F)(F)F)C[C@@H]3C2)c(C(=O)Nc2ccc(F)c(Cl)c2)c1N. The van der Waals surface area contributed by atoms with Gasteiger partial charge in [-0.1, -0.05) is 11.6 Å². The van der Waals surface area contributed by atoms with Gasteiger partial charge in [-0.25, -0.2) is 4.39 Å². The lowest BCUT2D eigenvalue weighted by atomic mass is 9.87. The van der Waals surface area contributed by atoms with Crippen LogP contribution in [0.4, 0.5) is 29.1 Å². The first-order chi connectivity index (χ1) is 16.9. The predicted molar refractivity (Wildman–Crippen MR) is 123 cm³/mol. The van der Waals surface area contributed by atoms with Gasteiger partial charge < -0.3 is 16.2 Å². The average Bonchev–Trinajstić information content (AvgIpc) is 3.53. The number of hydrogen-bond acceptors (Lipinski definition) is 5. The van der Waals surface area contributed by atoms with E-state index >= 15 is 0 Å². The Kier molecular flexibility index (Phi) is 5.79. The fourth-order valence-corrected chi connectivity index (χ4v) is 5.99. The first-order valence-corrected chi connectivity index (χ1v) is 11.7. The van der Waals surface area contributed by atoms with Crippen molar-refractivity contribution < 1.29 is 27.5 Å². The van der Waals surface area contributed by atoms with Crippen molar-refractivity contribution in [1.82, 2.24) is 20.0 Å². The largest absolute Gasteiger partial charge is 0.433 e. The summed E-state index contributed by atoms with van der Waals surface area (Å²) in [6.45, 7) is 0. The van der Waals surface area contributed by atoms with Crippen molar-refractivity contribution in [3.05, 3.63) is 57.8 Å². The normalized spacial score (nSPS) is 25.8. The number of hydrogen-bond donors (Lipinski definition) is 4. The number of nitrogens with two attached hydrogens (primary N) is 1. The van der Waals surface area contributed by atoms with E-state index in [0.717, 1.165) is 12.3 Å². The molecule has 36 heavy (non-hydrogen) atoms. The lowest BCUT2D eigenvalue weighted by Crippen LogP contribution is -2.26. The number of anilines is 2. The number of benzene rings is 1. The van der Waals surface area contributed by atoms with E-state index in [-0.39, 0.29) is 58.3 Å². The van der Waals surface area contributed by atoms with Crippen molar-refractivity contribution in [2.45, 2.75) is 43.4 Å². The minimum Gasteiger partial charge on any atom is -0.385 e.